The number of carbonyl (C=O) groups excluding carboxylic acids is 1. The number of rotatable bonds is 5. The Balaban J connectivity index is 3.27. The third-order valence-corrected chi connectivity index (χ3v) is 3.55. The Labute approximate surface area is 112 Å². The molecule has 1 aromatic rings. The number of hydrogen-bond acceptors (Lipinski definition) is 5. The maximum absolute atomic E-state index is 11.7. The van der Waals surface area contributed by atoms with Crippen molar-refractivity contribution in [2.75, 3.05) is 13.7 Å². The van der Waals surface area contributed by atoms with E-state index >= 15 is 0 Å². The summed E-state index contributed by atoms with van der Waals surface area (Å²) in [6.45, 7) is 3.56. The van der Waals surface area contributed by atoms with Crippen LogP contribution in [0.25, 0.3) is 0 Å². The molecule has 106 valence electrons. The second-order valence-corrected chi connectivity index (χ2v) is 5.48. The lowest BCUT2D eigenvalue weighted by atomic mass is 10.0. The summed E-state index contributed by atoms with van der Waals surface area (Å²) in [5.74, 6) is -0.683. The lowest BCUT2D eigenvalue weighted by Gasteiger charge is -2.15. The summed E-state index contributed by atoms with van der Waals surface area (Å²) in [5.41, 5.74) is 0.424. The molecule has 0 aliphatic heterocycles. The Morgan fingerprint density at radius 2 is 2.05 bits per heavy atom. The van der Waals surface area contributed by atoms with E-state index in [2.05, 4.69) is 0 Å². The molecule has 1 rings (SSSR count). The van der Waals surface area contributed by atoms with Crippen LogP contribution in [-0.4, -0.2) is 28.1 Å². The van der Waals surface area contributed by atoms with Crippen molar-refractivity contribution in [3.8, 4) is 5.75 Å². The molecule has 0 radical (unpaired) electrons. The fourth-order valence-corrected chi connectivity index (χ4v) is 2.17. The molecule has 7 heteroatoms. The topological polar surface area (TPSA) is 95.7 Å². The third kappa shape index (κ3) is 3.68. The highest BCUT2D eigenvalue weighted by atomic mass is 32.2. The van der Waals surface area contributed by atoms with Gasteiger partial charge in [-0.1, -0.05) is 0 Å². The highest BCUT2D eigenvalue weighted by molar-refractivity contribution is 7.89. The van der Waals surface area contributed by atoms with Crippen LogP contribution in [0.5, 0.6) is 5.75 Å². The van der Waals surface area contributed by atoms with E-state index in [9.17, 15) is 13.2 Å². The van der Waals surface area contributed by atoms with Gasteiger partial charge in [-0.3, -0.25) is 4.79 Å². The summed E-state index contributed by atoms with van der Waals surface area (Å²) in [6.07, 6.45) is 0. The summed E-state index contributed by atoms with van der Waals surface area (Å²) in [5, 5.41) is 5.07. The first-order valence-electron chi connectivity index (χ1n) is 5.68. The average molecular weight is 287 g/mol. The standard InChI is InChI=1S/C12H17NO5S/c1-4-18-12(14)8(2)10-7-9(19(13,15)16)5-6-11(10)17-3/h5-8H,4H2,1-3H3,(H2,13,15,16). The number of esters is 1. The molecule has 0 aliphatic carbocycles. The van der Waals surface area contributed by atoms with Gasteiger partial charge in [0, 0.05) is 5.56 Å². The maximum atomic E-state index is 11.7. The zero-order chi connectivity index (χ0) is 14.6. The van der Waals surface area contributed by atoms with E-state index in [1.54, 1.807) is 13.8 Å². The Hall–Kier alpha value is -1.60. The van der Waals surface area contributed by atoms with E-state index in [1.165, 1.54) is 25.3 Å². The quantitative estimate of drug-likeness (QED) is 0.815. The summed E-state index contributed by atoms with van der Waals surface area (Å²) in [7, 11) is -2.39. The van der Waals surface area contributed by atoms with Crippen LogP contribution in [0.4, 0.5) is 0 Å². The van der Waals surface area contributed by atoms with Gasteiger partial charge < -0.3 is 9.47 Å². The molecule has 0 spiro atoms. The van der Waals surface area contributed by atoms with Crippen molar-refractivity contribution in [1.82, 2.24) is 0 Å². The van der Waals surface area contributed by atoms with Crippen LogP contribution in [-0.2, 0) is 19.6 Å². The number of primary sulfonamides is 1. The first-order valence-corrected chi connectivity index (χ1v) is 7.23. The molecule has 0 amide bonds. The second kappa shape index (κ2) is 6.03. The Morgan fingerprint density at radius 1 is 1.42 bits per heavy atom. The van der Waals surface area contributed by atoms with Crippen molar-refractivity contribution >= 4 is 16.0 Å². The molecule has 0 heterocycles. The molecule has 6 nitrogen and oxygen atoms in total. The molecular formula is C12H17NO5S. The lowest BCUT2D eigenvalue weighted by molar-refractivity contribution is -0.144. The van der Waals surface area contributed by atoms with Crippen LogP contribution in [0.2, 0.25) is 0 Å². The normalized spacial score (nSPS) is 12.8. The fourth-order valence-electron chi connectivity index (χ4n) is 1.62. The Morgan fingerprint density at radius 3 is 2.53 bits per heavy atom. The molecule has 1 unspecified atom stereocenters. The molecule has 0 bridgehead atoms. The highest BCUT2D eigenvalue weighted by Crippen LogP contribution is 2.29. The maximum Gasteiger partial charge on any atom is 0.313 e. The number of sulfonamides is 1. The van der Waals surface area contributed by atoms with E-state index in [0.29, 0.717) is 11.3 Å². The molecule has 0 saturated carbocycles. The smallest absolute Gasteiger partial charge is 0.313 e. The molecule has 0 aliphatic rings. The van der Waals surface area contributed by atoms with Crippen LogP contribution in [0.1, 0.15) is 25.3 Å². The molecular weight excluding hydrogens is 270 g/mol. The minimum Gasteiger partial charge on any atom is -0.496 e. The summed E-state index contributed by atoms with van der Waals surface area (Å²) in [4.78, 5) is 11.6. The van der Waals surface area contributed by atoms with Gasteiger partial charge in [0.25, 0.3) is 0 Å². The van der Waals surface area contributed by atoms with Crippen molar-refractivity contribution in [2.24, 2.45) is 5.14 Å². The predicted molar refractivity (Wildman–Crippen MR) is 69.4 cm³/mol. The SMILES string of the molecule is CCOC(=O)C(C)c1cc(S(N)(=O)=O)ccc1OC. The lowest BCUT2D eigenvalue weighted by Crippen LogP contribution is -2.16. The van der Waals surface area contributed by atoms with Crippen LogP contribution in [0.15, 0.2) is 23.1 Å². The first kappa shape index (κ1) is 15.5. The van der Waals surface area contributed by atoms with Gasteiger partial charge in [-0.15, -0.1) is 0 Å². The van der Waals surface area contributed by atoms with Gasteiger partial charge in [-0.05, 0) is 32.0 Å². The molecule has 1 atom stereocenters. The molecule has 1 aromatic carbocycles. The van der Waals surface area contributed by atoms with Gasteiger partial charge >= 0.3 is 5.97 Å². The summed E-state index contributed by atoms with van der Waals surface area (Å²) in [6, 6.07) is 4.12. The third-order valence-electron chi connectivity index (χ3n) is 2.64. The number of ether oxygens (including phenoxy) is 2. The van der Waals surface area contributed by atoms with Crippen LogP contribution < -0.4 is 9.88 Å². The largest absolute Gasteiger partial charge is 0.496 e. The second-order valence-electron chi connectivity index (χ2n) is 3.92. The molecule has 0 aromatic heterocycles. The van der Waals surface area contributed by atoms with Crippen LogP contribution >= 0.6 is 0 Å². The van der Waals surface area contributed by atoms with Gasteiger partial charge in [-0.25, -0.2) is 13.6 Å². The zero-order valence-corrected chi connectivity index (χ0v) is 11.9. The fraction of sp³-hybridized carbons (Fsp3) is 0.417. The first-order chi connectivity index (χ1) is 8.81. The molecule has 0 saturated heterocycles. The highest BCUT2D eigenvalue weighted by Gasteiger charge is 2.22. The number of nitrogens with two attached hydrogens (primary N) is 1. The molecule has 19 heavy (non-hydrogen) atoms. The van der Waals surface area contributed by atoms with Crippen LogP contribution in [0.3, 0.4) is 0 Å². The van der Waals surface area contributed by atoms with Gasteiger partial charge in [0.15, 0.2) is 0 Å². The van der Waals surface area contributed by atoms with E-state index in [1.807, 2.05) is 0 Å². The van der Waals surface area contributed by atoms with Crippen molar-refractivity contribution in [3.63, 3.8) is 0 Å². The van der Waals surface area contributed by atoms with Crippen LogP contribution in [0, 0.1) is 0 Å². The minimum atomic E-state index is -3.83. The van der Waals surface area contributed by atoms with E-state index in [0.717, 1.165) is 0 Å². The number of methoxy groups -OCH3 is 1. The predicted octanol–water partition coefficient (Wildman–Crippen LogP) is 1.01. The van der Waals surface area contributed by atoms with Crippen molar-refractivity contribution in [3.05, 3.63) is 23.8 Å². The Bertz CT molecular complexity index is 567. The van der Waals surface area contributed by atoms with Crippen molar-refractivity contribution < 1.29 is 22.7 Å². The van der Waals surface area contributed by atoms with E-state index < -0.39 is 21.9 Å². The Kier molecular flexibility index (Phi) is 4.90. The van der Waals surface area contributed by atoms with Crippen molar-refractivity contribution in [1.29, 1.82) is 0 Å². The zero-order valence-electron chi connectivity index (χ0n) is 11.0. The van der Waals surface area contributed by atoms with Gasteiger partial charge in [0.1, 0.15) is 5.75 Å². The molecule has 2 N–H and O–H groups in total. The average Bonchev–Trinajstić information content (AvgIpc) is 2.36. The summed E-state index contributed by atoms with van der Waals surface area (Å²) >= 11 is 0. The number of benzene rings is 1. The number of carbonyl (C=O) groups is 1. The van der Waals surface area contributed by atoms with Crippen molar-refractivity contribution in [2.45, 2.75) is 24.7 Å². The number of hydrogen-bond donors (Lipinski definition) is 1. The monoisotopic (exact) mass is 287 g/mol. The van der Waals surface area contributed by atoms with E-state index in [-0.39, 0.29) is 11.5 Å². The molecule has 0 fully saturated rings. The minimum absolute atomic E-state index is 0.0700. The van der Waals surface area contributed by atoms with Gasteiger partial charge in [0.05, 0.1) is 24.5 Å². The summed E-state index contributed by atoms with van der Waals surface area (Å²) < 4.78 is 32.7. The van der Waals surface area contributed by atoms with Gasteiger partial charge in [-0.2, -0.15) is 0 Å². The van der Waals surface area contributed by atoms with E-state index in [4.69, 9.17) is 14.6 Å². The van der Waals surface area contributed by atoms with Gasteiger partial charge in [0.2, 0.25) is 10.0 Å².